The molecule has 0 saturated carbocycles. The molecule has 0 unspecified atom stereocenters. The fourth-order valence-electron chi connectivity index (χ4n) is 0.943. The zero-order valence-corrected chi connectivity index (χ0v) is 7.96. The zero-order valence-electron chi connectivity index (χ0n) is 7.21. The van der Waals surface area contributed by atoms with E-state index in [2.05, 4.69) is 0 Å². The number of benzene rings is 1. The third kappa shape index (κ3) is 2.85. The molecule has 1 aromatic carbocycles. The molecule has 1 aromatic rings. The first-order valence-electron chi connectivity index (χ1n) is 3.89. The average Bonchev–Trinajstić information content (AvgIpc) is 2.15. The summed E-state index contributed by atoms with van der Waals surface area (Å²) >= 11 is 5.46. The van der Waals surface area contributed by atoms with Gasteiger partial charge in [0.1, 0.15) is 5.82 Å². The minimum Gasteiger partial charge on any atom is -0.478 e. The van der Waals surface area contributed by atoms with Crippen LogP contribution in [0.1, 0.15) is 11.1 Å². The topological polar surface area (TPSA) is 37.3 Å². The number of carboxylic acids is 1. The first kappa shape index (κ1) is 10.7. The Labute approximate surface area is 85.6 Å². The molecule has 14 heavy (non-hydrogen) atoms. The fourth-order valence-corrected chi connectivity index (χ4v) is 1.16. The van der Waals surface area contributed by atoms with E-state index in [1.54, 1.807) is 6.07 Å². The summed E-state index contributed by atoms with van der Waals surface area (Å²) in [6.07, 6.45) is 2.28. The third-order valence-electron chi connectivity index (χ3n) is 1.64. The molecule has 0 aliphatic carbocycles. The molecule has 0 saturated heterocycles. The van der Waals surface area contributed by atoms with Gasteiger partial charge in [0.2, 0.25) is 0 Å². The van der Waals surface area contributed by atoms with Crippen molar-refractivity contribution in [2.45, 2.75) is 5.88 Å². The first-order valence-corrected chi connectivity index (χ1v) is 4.42. The average molecular weight is 215 g/mol. The Morgan fingerprint density at radius 2 is 2.29 bits per heavy atom. The van der Waals surface area contributed by atoms with Crippen molar-refractivity contribution in [2.24, 2.45) is 0 Å². The Morgan fingerprint density at radius 3 is 2.79 bits per heavy atom. The molecule has 74 valence electrons. The smallest absolute Gasteiger partial charge is 0.328 e. The van der Waals surface area contributed by atoms with Crippen molar-refractivity contribution in [2.75, 3.05) is 0 Å². The summed E-state index contributed by atoms with van der Waals surface area (Å²) in [6, 6.07) is 4.39. The molecule has 1 rings (SSSR count). The number of hydrogen-bond acceptors (Lipinski definition) is 1. The predicted molar refractivity (Wildman–Crippen MR) is 52.6 cm³/mol. The number of carbonyl (C=O) groups is 1. The van der Waals surface area contributed by atoms with Crippen LogP contribution in [0.5, 0.6) is 0 Å². The Balaban J connectivity index is 2.91. The quantitative estimate of drug-likeness (QED) is 0.621. The van der Waals surface area contributed by atoms with E-state index < -0.39 is 11.8 Å². The molecule has 2 nitrogen and oxygen atoms in total. The van der Waals surface area contributed by atoms with Gasteiger partial charge in [-0.05, 0) is 17.7 Å². The van der Waals surface area contributed by atoms with Crippen LogP contribution in [0.4, 0.5) is 4.39 Å². The van der Waals surface area contributed by atoms with Crippen LogP contribution in [0.25, 0.3) is 6.08 Å². The Hall–Kier alpha value is -1.35. The predicted octanol–water partition coefficient (Wildman–Crippen LogP) is 2.66. The monoisotopic (exact) mass is 214 g/mol. The maximum Gasteiger partial charge on any atom is 0.328 e. The fraction of sp³-hybridized carbons (Fsp3) is 0.100. The van der Waals surface area contributed by atoms with Gasteiger partial charge < -0.3 is 5.11 Å². The molecule has 0 bridgehead atoms. The highest BCUT2D eigenvalue weighted by molar-refractivity contribution is 6.17. The lowest BCUT2D eigenvalue weighted by Gasteiger charge is -1.99. The lowest BCUT2D eigenvalue weighted by molar-refractivity contribution is -0.131. The van der Waals surface area contributed by atoms with Crippen LogP contribution in [0.2, 0.25) is 0 Å². The van der Waals surface area contributed by atoms with Crippen LogP contribution in [0.15, 0.2) is 24.3 Å². The van der Waals surface area contributed by atoms with Crippen LogP contribution < -0.4 is 0 Å². The Bertz CT molecular complexity index is 374. The van der Waals surface area contributed by atoms with Crippen LogP contribution in [0.3, 0.4) is 0 Å². The minimum atomic E-state index is -1.06. The minimum absolute atomic E-state index is 0.106. The molecular weight excluding hydrogens is 207 g/mol. The van der Waals surface area contributed by atoms with E-state index in [1.807, 2.05) is 0 Å². The zero-order chi connectivity index (χ0) is 10.6. The van der Waals surface area contributed by atoms with E-state index in [4.69, 9.17) is 16.7 Å². The number of carboxylic acid groups (broad SMARTS) is 1. The number of halogens is 2. The van der Waals surface area contributed by atoms with Gasteiger partial charge in [-0.15, -0.1) is 11.6 Å². The van der Waals surface area contributed by atoms with E-state index in [0.29, 0.717) is 11.1 Å². The molecule has 0 radical (unpaired) electrons. The summed E-state index contributed by atoms with van der Waals surface area (Å²) in [5.74, 6) is -1.38. The maximum absolute atomic E-state index is 13.1. The largest absolute Gasteiger partial charge is 0.478 e. The molecule has 0 atom stereocenters. The molecule has 0 aliphatic rings. The van der Waals surface area contributed by atoms with Gasteiger partial charge in [-0.3, -0.25) is 0 Å². The second-order valence-electron chi connectivity index (χ2n) is 2.66. The summed E-state index contributed by atoms with van der Waals surface area (Å²) in [6.45, 7) is 0. The van der Waals surface area contributed by atoms with Crippen molar-refractivity contribution >= 4 is 23.6 Å². The highest BCUT2D eigenvalue weighted by atomic mass is 35.5. The number of aliphatic carboxylic acids is 1. The van der Waals surface area contributed by atoms with Crippen molar-refractivity contribution in [1.29, 1.82) is 0 Å². The van der Waals surface area contributed by atoms with Crippen molar-refractivity contribution in [3.63, 3.8) is 0 Å². The van der Waals surface area contributed by atoms with Gasteiger partial charge in [0.15, 0.2) is 0 Å². The highest BCUT2D eigenvalue weighted by Gasteiger charge is 2.00. The molecule has 4 heteroatoms. The van der Waals surface area contributed by atoms with E-state index in [1.165, 1.54) is 18.2 Å². The third-order valence-corrected chi connectivity index (χ3v) is 1.93. The second-order valence-corrected chi connectivity index (χ2v) is 2.92. The summed E-state index contributed by atoms with van der Waals surface area (Å²) in [5.41, 5.74) is 0.901. The molecule has 0 aliphatic heterocycles. The summed E-state index contributed by atoms with van der Waals surface area (Å²) in [7, 11) is 0. The highest BCUT2D eigenvalue weighted by Crippen LogP contribution is 2.13. The Morgan fingerprint density at radius 1 is 1.57 bits per heavy atom. The van der Waals surface area contributed by atoms with Gasteiger partial charge in [0.05, 0.1) is 5.88 Å². The molecular formula is C10H8ClFO2. The van der Waals surface area contributed by atoms with Gasteiger partial charge in [0, 0.05) is 11.6 Å². The molecule has 0 heterocycles. The number of alkyl halides is 1. The van der Waals surface area contributed by atoms with Crippen molar-refractivity contribution in [1.82, 2.24) is 0 Å². The summed E-state index contributed by atoms with van der Waals surface area (Å²) < 4.78 is 13.1. The molecule has 1 N–H and O–H groups in total. The van der Waals surface area contributed by atoms with Gasteiger partial charge in [-0.2, -0.15) is 0 Å². The van der Waals surface area contributed by atoms with Gasteiger partial charge >= 0.3 is 5.97 Å². The van der Waals surface area contributed by atoms with Crippen LogP contribution in [-0.4, -0.2) is 11.1 Å². The van der Waals surface area contributed by atoms with Gasteiger partial charge in [-0.25, -0.2) is 9.18 Å². The lowest BCUT2D eigenvalue weighted by Crippen LogP contribution is -1.88. The normalized spacial score (nSPS) is 10.7. The first-order chi connectivity index (χ1) is 6.63. The van der Waals surface area contributed by atoms with E-state index in [9.17, 15) is 9.18 Å². The van der Waals surface area contributed by atoms with Crippen LogP contribution in [0, 0.1) is 5.82 Å². The number of hydrogen-bond donors (Lipinski definition) is 1. The molecule has 0 aromatic heterocycles. The summed E-state index contributed by atoms with van der Waals surface area (Å²) in [5, 5.41) is 8.34. The van der Waals surface area contributed by atoms with E-state index in [-0.39, 0.29) is 5.88 Å². The Kier molecular flexibility index (Phi) is 3.65. The van der Waals surface area contributed by atoms with E-state index >= 15 is 0 Å². The van der Waals surface area contributed by atoms with Gasteiger partial charge in [-0.1, -0.05) is 12.1 Å². The molecule has 0 spiro atoms. The standard InChI is InChI=1S/C10H8ClFO2/c11-6-8-3-1-7(5-9(8)12)2-4-10(13)14/h1-5H,6H2,(H,13,14). The van der Waals surface area contributed by atoms with Gasteiger partial charge in [0.25, 0.3) is 0 Å². The SMILES string of the molecule is O=C(O)C=Cc1ccc(CCl)c(F)c1. The maximum atomic E-state index is 13.1. The second kappa shape index (κ2) is 4.77. The van der Waals surface area contributed by atoms with Crippen LogP contribution in [-0.2, 0) is 10.7 Å². The van der Waals surface area contributed by atoms with E-state index in [0.717, 1.165) is 6.08 Å². The lowest BCUT2D eigenvalue weighted by atomic mass is 10.1. The van der Waals surface area contributed by atoms with Crippen LogP contribution >= 0.6 is 11.6 Å². The molecule has 0 fully saturated rings. The van der Waals surface area contributed by atoms with Crippen molar-refractivity contribution in [3.05, 3.63) is 41.2 Å². The van der Waals surface area contributed by atoms with Crippen molar-refractivity contribution in [3.8, 4) is 0 Å². The molecule has 0 amide bonds. The van der Waals surface area contributed by atoms with Crippen molar-refractivity contribution < 1.29 is 14.3 Å². The number of rotatable bonds is 3. The summed E-state index contributed by atoms with van der Waals surface area (Å²) in [4.78, 5) is 10.2.